The molecule has 0 N–H and O–H groups in total. The number of carbonyl (C=O) groups is 1. The number of esters is 1. The number of ether oxygens (including phenoxy) is 1. The minimum absolute atomic E-state index is 0.138. The van der Waals surface area contributed by atoms with E-state index in [4.69, 9.17) is 4.74 Å². The Kier molecular flexibility index (Phi) is 2.10. The van der Waals surface area contributed by atoms with E-state index in [2.05, 4.69) is 6.92 Å². The van der Waals surface area contributed by atoms with Gasteiger partial charge in [0.2, 0.25) is 0 Å². The second-order valence-corrected chi connectivity index (χ2v) is 2.57. The summed E-state index contributed by atoms with van der Waals surface area (Å²) in [5.41, 5.74) is 0.825. The number of cyclic esters (lactones) is 1. The Bertz CT molecular complexity index is 170. The van der Waals surface area contributed by atoms with E-state index in [1.54, 1.807) is 0 Å². The van der Waals surface area contributed by atoms with Crippen molar-refractivity contribution in [1.82, 2.24) is 0 Å². The molecule has 1 heterocycles. The van der Waals surface area contributed by atoms with E-state index in [1.807, 2.05) is 13.0 Å². The largest absolute Gasteiger partial charge is 0.462 e. The number of carbonyl (C=O) groups excluding carboxylic acids is 1. The van der Waals surface area contributed by atoms with E-state index in [0.717, 1.165) is 12.0 Å². The van der Waals surface area contributed by atoms with E-state index in [9.17, 15) is 4.79 Å². The predicted octanol–water partition coefficient (Wildman–Crippen LogP) is 1.52. The van der Waals surface area contributed by atoms with Crippen molar-refractivity contribution in [3.05, 3.63) is 11.6 Å². The van der Waals surface area contributed by atoms with Crippen molar-refractivity contribution < 1.29 is 9.53 Å². The standard InChI is InChI=1S/C8H12O2/c1-3-7-6(2)4-5-10-8(7)9/h3,6H,4-5H2,1-2H3/b7-3+. The molecule has 0 radical (unpaired) electrons. The van der Waals surface area contributed by atoms with Crippen molar-refractivity contribution in [2.45, 2.75) is 20.3 Å². The van der Waals surface area contributed by atoms with Gasteiger partial charge in [-0.25, -0.2) is 4.79 Å². The van der Waals surface area contributed by atoms with E-state index >= 15 is 0 Å². The van der Waals surface area contributed by atoms with Gasteiger partial charge in [-0.05, 0) is 19.3 Å². The molecule has 0 bridgehead atoms. The number of hydrogen-bond donors (Lipinski definition) is 0. The van der Waals surface area contributed by atoms with Crippen LogP contribution in [0.2, 0.25) is 0 Å². The second kappa shape index (κ2) is 2.86. The Hall–Kier alpha value is -0.790. The lowest BCUT2D eigenvalue weighted by Gasteiger charge is -2.20. The zero-order valence-electron chi connectivity index (χ0n) is 6.39. The third kappa shape index (κ3) is 1.20. The predicted molar refractivity (Wildman–Crippen MR) is 38.5 cm³/mol. The van der Waals surface area contributed by atoms with Crippen LogP contribution < -0.4 is 0 Å². The van der Waals surface area contributed by atoms with Gasteiger partial charge in [0.1, 0.15) is 0 Å². The molecule has 10 heavy (non-hydrogen) atoms. The molecule has 1 fully saturated rings. The van der Waals surface area contributed by atoms with E-state index < -0.39 is 0 Å². The van der Waals surface area contributed by atoms with Crippen LogP contribution in [0.3, 0.4) is 0 Å². The van der Waals surface area contributed by atoms with Crippen LogP contribution in [0.5, 0.6) is 0 Å². The smallest absolute Gasteiger partial charge is 0.333 e. The Balaban J connectivity index is 2.73. The summed E-state index contributed by atoms with van der Waals surface area (Å²) in [6.07, 6.45) is 2.80. The molecular weight excluding hydrogens is 128 g/mol. The lowest BCUT2D eigenvalue weighted by Crippen LogP contribution is -2.22. The highest BCUT2D eigenvalue weighted by Crippen LogP contribution is 2.20. The first kappa shape index (κ1) is 7.32. The Morgan fingerprint density at radius 2 is 2.40 bits per heavy atom. The first-order chi connectivity index (χ1) is 4.75. The summed E-state index contributed by atoms with van der Waals surface area (Å²) in [5, 5.41) is 0. The molecule has 2 nitrogen and oxygen atoms in total. The van der Waals surface area contributed by atoms with Crippen LogP contribution in [0.25, 0.3) is 0 Å². The molecule has 56 valence electrons. The van der Waals surface area contributed by atoms with Gasteiger partial charge in [0.05, 0.1) is 6.61 Å². The molecule has 0 saturated carbocycles. The number of hydrogen-bond acceptors (Lipinski definition) is 2. The van der Waals surface area contributed by atoms with E-state index in [0.29, 0.717) is 12.5 Å². The van der Waals surface area contributed by atoms with Crippen molar-refractivity contribution in [1.29, 1.82) is 0 Å². The van der Waals surface area contributed by atoms with Crippen molar-refractivity contribution >= 4 is 5.97 Å². The minimum Gasteiger partial charge on any atom is -0.462 e. The maximum absolute atomic E-state index is 10.9. The van der Waals surface area contributed by atoms with Gasteiger partial charge in [0.15, 0.2) is 0 Å². The van der Waals surface area contributed by atoms with Crippen molar-refractivity contribution in [2.24, 2.45) is 5.92 Å². The van der Waals surface area contributed by atoms with Crippen molar-refractivity contribution in [2.75, 3.05) is 6.61 Å². The molecule has 0 spiro atoms. The van der Waals surface area contributed by atoms with Gasteiger partial charge >= 0.3 is 5.97 Å². The minimum atomic E-state index is -0.138. The molecule has 1 aliphatic heterocycles. The number of allylic oxidation sites excluding steroid dienone is 1. The van der Waals surface area contributed by atoms with Crippen LogP contribution in [0.15, 0.2) is 11.6 Å². The summed E-state index contributed by atoms with van der Waals surface area (Å²) in [6, 6.07) is 0. The van der Waals surface area contributed by atoms with Crippen molar-refractivity contribution in [3.63, 3.8) is 0 Å². The van der Waals surface area contributed by atoms with Gasteiger partial charge in [-0.1, -0.05) is 13.0 Å². The normalized spacial score (nSPS) is 30.4. The molecule has 1 atom stereocenters. The number of rotatable bonds is 0. The fourth-order valence-corrected chi connectivity index (χ4v) is 1.17. The maximum atomic E-state index is 10.9. The van der Waals surface area contributed by atoms with E-state index in [-0.39, 0.29) is 5.97 Å². The average Bonchev–Trinajstić information content (AvgIpc) is 1.88. The Morgan fingerprint density at radius 3 is 2.80 bits per heavy atom. The molecule has 0 aromatic carbocycles. The third-order valence-electron chi connectivity index (χ3n) is 1.86. The fraction of sp³-hybridized carbons (Fsp3) is 0.625. The zero-order valence-corrected chi connectivity index (χ0v) is 6.39. The Labute approximate surface area is 60.9 Å². The van der Waals surface area contributed by atoms with Crippen LogP contribution in [0.1, 0.15) is 20.3 Å². The maximum Gasteiger partial charge on any atom is 0.333 e. The lowest BCUT2D eigenvalue weighted by molar-refractivity contribution is -0.142. The first-order valence-electron chi connectivity index (χ1n) is 3.59. The van der Waals surface area contributed by atoms with Crippen LogP contribution in [-0.2, 0) is 9.53 Å². The van der Waals surface area contributed by atoms with Crippen LogP contribution in [0, 0.1) is 5.92 Å². The fourth-order valence-electron chi connectivity index (χ4n) is 1.17. The summed E-state index contributed by atoms with van der Waals surface area (Å²) in [7, 11) is 0. The summed E-state index contributed by atoms with van der Waals surface area (Å²) in [6.45, 7) is 4.51. The summed E-state index contributed by atoms with van der Waals surface area (Å²) in [4.78, 5) is 10.9. The summed E-state index contributed by atoms with van der Waals surface area (Å²) < 4.78 is 4.84. The van der Waals surface area contributed by atoms with Gasteiger partial charge in [0, 0.05) is 5.57 Å². The highest BCUT2D eigenvalue weighted by Gasteiger charge is 2.22. The highest BCUT2D eigenvalue weighted by atomic mass is 16.5. The zero-order chi connectivity index (χ0) is 7.56. The first-order valence-corrected chi connectivity index (χ1v) is 3.59. The average molecular weight is 140 g/mol. The molecule has 0 aromatic heterocycles. The topological polar surface area (TPSA) is 26.3 Å². The molecule has 0 amide bonds. The summed E-state index contributed by atoms with van der Waals surface area (Å²) >= 11 is 0. The van der Waals surface area contributed by atoms with Gasteiger partial charge in [-0.2, -0.15) is 0 Å². The van der Waals surface area contributed by atoms with Gasteiger partial charge < -0.3 is 4.74 Å². The Morgan fingerprint density at radius 1 is 1.70 bits per heavy atom. The molecule has 1 unspecified atom stereocenters. The van der Waals surface area contributed by atoms with E-state index in [1.165, 1.54) is 0 Å². The highest BCUT2D eigenvalue weighted by molar-refractivity contribution is 5.89. The monoisotopic (exact) mass is 140 g/mol. The lowest BCUT2D eigenvalue weighted by atomic mass is 9.96. The SMILES string of the molecule is C/C=C1/C(=O)OCCC1C. The van der Waals surface area contributed by atoms with Crippen LogP contribution in [0.4, 0.5) is 0 Å². The third-order valence-corrected chi connectivity index (χ3v) is 1.86. The molecule has 0 aromatic rings. The second-order valence-electron chi connectivity index (χ2n) is 2.57. The molecule has 1 rings (SSSR count). The molecule has 0 aliphatic carbocycles. The van der Waals surface area contributed by atoms with Gasteiger partial charge in [-0.15, -0.1) is 0 Å². The van der Waals surface area contributed by atoms with Crippen molar-refractivity contribution in [3.8, 4) is 0 Å². The molecule has 1 saturated heterocycles. The summed E-state index contributed by atoms with van der Waals surface area (Å²) in [5.74, 6) is 0.243. The van der Waals surface area contributed by atoms with Gasteiger partial charge in [0.25, 0.3) is 0 Å². The molecule has 2 heteroatoms. The molecular formula is C8H12O2. The van der Waals surface area contributed by atoms with Crippen LogP contribution in [-0.4, -0.2) is 12.6 Å². The van der Waals surface area contributed by atoms with Crippen LogP contribution >= 0.6 is 0 Å². The van der Waals surface area contributed by atoms with Gasteiger partial charge in [-0.3, -0.25) is 0 Å². The quantitative estimate of drug-likeness (QED) is 0.376. The molecule has 1 aliphatic rings.